The van der Waals surface area contributed by atoms with Gasteiger partial charge in [0.2, 0.25) is 0 Å². The van der Waals surface area contributed by atoms with Crippen molar-refractivity contribution in [2.24, 2.45) is 29.1 Å². The summed E-state index contributed by atoms with van der Waals surface area (Å²) in [5, 5.41) is 0. The first-order valence-electron chi connectivity index (χ1n) is 24.3. The van der Waals surface area contributed by atoms with Crippen LogP contribution in [0, 0.1) is 29.1 Å². The van der Waals surface area contributed by atoms with Gasteiger partial charge in [-0.15, -0.1) is 0 Å². The Kier molecular flexibility index (Phi) is 23.0. The molecule has 2 saturated carbocycles. The lowest BCUT2D eigenvalue weighted by Gasteiger charge is -2.37. The number of hydrogen-bond acceptors (Lipinski definition) is 14. The zero-order valence-corrected chi connectivity index (χ0v) is 41.7. The van der Waals surface area contributed by atoms with Gasteiger partial charge < -0.3 is 37.9 Å². The highest BCUT2D eigenvalue weighted by Crippen LogP contribution is 2.42. The van der Waals surface area contributed by atoms with Crippen molar-refractivity contribution in [3.8, 4) is 22.6 Å². The van der Waals surface area contributed by atoms with E-state index in [4.69, 9.17) is 28.4 Å². The lowest BCUT2D eigenvalue weighted by molar-refractivity contribution is -0.165. The Balaban J connectivity index is 1.60. The molecule has 0 spiro atoms. The highest BCUT2D eigenvalue weighted by Gasteiger charge is 2.38. The van der Waals surface area contributed by atoms with Crippen LogP contribution >= 0.6 is 0 Å². The SMILES string of the molecule is C=C(C)C(=O)OCCCc1cc(-c2ccc(OCC3CCC(C4CCC(/C=C/C)CC4)CC3)cc2)c(CCC)cc1OCC(COC(=O)CC(=O)OC)(COC(=O)CC(=O)OC)COC(=O)C(=C)C. The summed E-state index contributed by atoms with van der Waals surface area (Å²) in [6, 6.07) is 12.1. The summed E-state index contributed by atoms with van der Waals surface area (Å²) in [5.74, 6) is -0.637. The zero-order chi connectivity index (χ0) is 50.3. The number of carbonyl (C=O) groups is 6. The van der Waals surface area contributed by atoms with E-state index < -0.39 is 73.9 Å². The lowest BCUT2D eigenvalue weighted by Crippen LogP contribution is -2.44. The molecule has 4 rings (SSSR count). The van der Waals surface area contributed by atoms with Crippen molar-refractivity contribution >= 4 is 35.8 Å². The van der Waals surface area contributed by atoms with Gasteiger partial charge in [0.1, 0.15) is 56.2 Å². The number of ether oxygens (including phenoxy) is 8. The predicted molar refractivity (Wildman–Crippen MR) is 260 cm³/mol. The number of methoxy groups -OCH3 is 2. The largest absolute Gasteiger partial charge is 0.493 e. The van der Waals surface area contributed by atoms with Crippen LogP contribution in [0.4, 0.5) is 0 Å². The topological polar surface area (TPSA) is 176 Å². The second-order valence-corrected chi connectivity index (χ2v) is 18.7. The zero-order valence-electron chi connectivity index (χ0n) is 41.7. The standard InChI is InChI=1S/C55H74O14/c1-9-12-39-15-19-41(20-16-39)42-21-17-40(18-22-42)32-65-46-25-23-43(24-26-46)47-28-45(14-11-27-64-53(60)37(3)4)48(29-44(47)13-10-2)66-33-55(36-69-54(61)38(5)6,34-67-51(58)30-49(56)62-7)35-68-52(59)31-50(57)63-8/h9,12,23-26,28-29,39-42H,3,5,10-11,13-22,27,30-36H2,1-2,4,6-8H3/b12-9+. The Hall–Kier alpha value is -5.92. The van der Waals surface area contributed by atoms with Gasteiger partial charge in [0.25, 0.3) is 0 Å². The van der Waals surface area contributed by atoms with Gasteiger partial charge in [-0.25, -0.2) is 9.59 Å². The molecule has 0 amide bonds. The van der Waals surface area contributed by atoms with Gasteiger partial charge in [-0.3, -0.25) is 19.2 Å². The molecule has 69 heavy (non-hydrogen) atoms. The maximum atomic E-state index is 12.8. The van der Waals surface area contributed by atoms with Gasteiger partial charge in [0.05, 0.1) is 27.4 Å². The molecule has 2 aromatic carbocycles. The van der Waals surface area contributed by atoms with Crippen molar-refractivity contribution < 1.29 is 66.7 Å². The van der Waals surface area contributed by atoms with Crippen LogP contribution in [0.3, 0.4) is 0 Å². The number of hydrogen-bond donors (Lipinski definition) is 0. The van der Waals surface area contributed by atoms with E-state index in [1.165, 1.54) is 58.3 Å². The Morgan fingerprint density at radius 3 is 1.74 bits per heavy atom. The maximum absolute atomic E-state index is 12.8. The van der Waals surface area contributed by atoms with Gasteiger partial charge in [0.15, 0.2) is 0 Å². The van der Waals surface area contributed by atoms with Gasteiger partial charge in [-0.05, 0) is 162 Å². The second kappa shape index (κ2) is 28.5. The third kappa shape index (κ3) is 18.5. The molecule has 2 fully saturated rings. The number of allylic oxidation sites excluding steroid dienone is 2. The molecule has 0 heterocycles. The van der Waals surface area contributed by atoms with Crippen molar-refractivity contribution in [2.75, 3.05) is 53.9 Å². The summed E-state index contributed by atoms with van der Waals surface area (Å²) < 4.78 is 44.2. The molecular formula is C55H74O14. The summed E-state index contributed by atoms with van der Waals surface area (Å²) >= 11 is 0. The third-order valence-electron chi connectivity index (χ3n) is 13.0. The fourth-order valence-electron chi connectivity index (χ4n) is 8.92. The molecule has 0 atom stereocenters. The van der Waals surface area contributed by atoms with Crippen LogP contribution in [0.2, 0.25) is 0 Å². The van der Waals surface area contributed by atoms with E-state index in [2.05, 4.69) is 60.8 Å². The fraction of sp³-hybridized carbons (Fsp3) is 0.564. The monoisotopic (exact) mass is 959 g/mol. The Morgan fingerprint density at radius 1 is 0.652 bits per heavy atom. The number of rotatable bonds is 27. The minimum absolute atomic E-state index is 0.0787. The molecule has 2 aliphatic carbocycles. The molecular weight excluding hydrogens is 885 g/mol. The van der Waals surface area contributed by atoms with E-state index in [1.807, 2.05) is 24.3 Å². The van der Waals surface area contributed by atoms with Crippen LogP contribution in [0.25, 0.3) is 11.1 Å². The molecule has 2 aromatic rings. The van der Waals surface area contributed by atoms with E-state index in [0.717, 1.165) is 66.4 Å². The van der Waals surface area contributed by atoms with Crippen LogP contribution in [-0.4, -0.2) is 89.7 Å². The van der Waals surface area contributed by atoms with Crippen LogP contribution in [0.1, 0.15) is 116 Å². The number of esters is 6. The molecule has 14 nitrogen and oxygen atoms in total. The van der Waals surface area contributed by atoms with E-state index in [0.29, 0.717) is 37.5 Å². The van der Waals surface area contributed by atoms with Crippen molar-refractivity contribution in [3.05, 3.63) is 84.0 Å². The van der Waals surface area contributed by atoms with Crippen LogP contribution in [-0.2, 0) is 70.0 Å². The molecule has 0 aromatic heterocycles. The summed E-state index contributed by atoms with van der Waals surface area (Å²) in [4.78, 5) is 74.4. The summed E-state index contributed by atoms with van der Waals surface area (Å²) in [6.07, 6.45) is 15.8. The fourth-order valence-corrected chi connectivity index (χ4v) is 8.92. The Bertz CT molecular complexity index is 2050. The lowest BCUT2D eigenvalue weighted by atomic mass is 9.69. The first-order valence-corrected chi connectivity index (χ1v) is 24.3. The highest BCUT2D eigenvalue weighted by atomic mass is 16.6. The molecule has 0 aliphatic heterocycles. The molecule has 2 aliphatic rings. The van der Waals surface area contributed by atoms with Crippen molar-refractivity contribution in [2.45, 2.75) is 118 Å². The normalized spacial score (nSPS) is 18.1. The van der Waals surface area contributed by atoms with Crippen LogP contribution < -0.4 is 9.47 Å². The van der Waals surface area contributed by atoms with Gasteiger partial charge in [0, 0.05) is 11.1 Å². The Morgan fingerprint density at radius 2 is 1.20 bits per heavy atom. The molecule has 0 saturated heterocycles. The third-order valence-corrected chi connectivity index (χ3v) is 13.0. The van der Waals surface area contributed by atoms with Gasteiger partial charge in [-0.1, -0.05) is 50.8 Å². The molecule has 0 radical (unpaired) electrons. The molecule has 0 unspecified atom stereocenters. The highest BCUT2D eigenvalue weighted by molar-refractivity contribution is 5.91. The number of aryl methyl sites for hydroxylation is 2. The average molecular weight is 959 g/mol. The van der Waals surface area contributed by atoms with Crippen molar-refractivity contribution in [1.29, 1.82) is 0 Å². The van der Waals surface area contributed by atoms with Crippen molar-refractivity contribution in [1.82, 2.24) is 0 Å². The van der Waals surface area contributed by atoms with E-state index in [-0.39, 0.29) is 24.4 Å². The quantitative estimate of drug-likeness (QED) is 0.0207. The predicted octanol–water partition coefficient (Wildman–Crippen LogP) is 9.62. The van der Waals surface area contributed by atoms with Crippen LogP contribution in [0.5, 0.6) is 11.5 Å². The second-order valence-electron chi connectivity index (χ2n) is 18.7. The number of carbonyl (C=O) groups excluding carboxylic acids is 6. The van der Waals surface area contributed by atoms with Gasteiger partial charge >= 0.3 is 35.8 Å². The summed E-state index contributed by atoms with van der Waals surface area (Å²) in [7, 11) is 2.25. The smallest absolute Gasteiger partial charge is 0.333 e. The minimum Gasteiger partial charge on any atom is -0.493 e. The molecule has 0 N–H and O–H groups in total. The first kappa shape index (κ1) is 55.7. The summed E-state index contributed by atoms with van der Waals surface area (Å²) in [6.45, 7) is 13.4. The molecule has 0 bridgehead atoms. The van der Waals surface area contributed by atoms with Crippen LogP contribution in [0.15, 0.2) is 72.9 Å². The minimum atomic E-state index is -1.57. The van der Waals surface area contributed by atoms with E-state index in [9.17, 15) is 28.8 Å². The summed E-state index contributed by atoms with van der Waals surface area (Å²) in [5.41, 5.74) is 2.44. The first-order chi connectivity index (χ1) is 33.1. The van der Waals surface area contributed by atoms with E-state index >= 15 is 0 Å². The molecule has 14 heteroatoms. The van der Waals surface area contributed by atoms with Crippen molar-refractivity contribution in [3.63, 3.8) is 0 Å². The van der Waals surface area contributed by atoms with Gasteiger partial charge in [-0.2, -0.15) is 0 Å². The number of benzene rings is 2. The molecule has 378 valence electrons. The Labute approximate surface area is 408 Å². The average Bonchev–Trinajstić information content (AvgIpc) is 3.34. The maximum Gasteiger partial charge on any atom is 0.333 e. The van der Waals surface area contributed by atoms with E-state index in [1.54, 1.807) is 6.92 Å².